The number of ether oxygens (including phenoxy) is 2. The average Bonchev–Trinajstić information content (AvgIpc) is 3.39. The van der Waals surface area contributed by atoms with Gasteiger partial charge in [-0.15, -0.1) is 0 Å². The summed E-state index contributed by atoms with van der Waals surface area (Å²) in [5, 5.41) is 23.4. The van der Waals surface area contributed by atoms with Gasteiger partial charge in [0.25, 0.3) is 0 Å². The molecule has 0 bridgehead atoms. The molecule has 1 heterocycles. The average molecular weight is 533 g/mol. The number of hydrogen-bond donors (Lipinski definition) is 4. The smallest absolute Gasteiger partial charge is 0.413 e. The molecule has 0 saturated carbocycles. The molecule has 3 aromatic rings. The van der Waals surface area contributed by atoms with Crippen molar-refractivity contribution in [2.24, 2.45) is 0 Å². The number of rotatable bonds is 13. The third-order valence-corrected chi connectivity index (χ3v) is 7.14. The number of nitrogens with one attached hydrogen (secondary N) is 2. The summed E-state index contributed by atoms with van der Waals surface area (Å²) in [5.74, 6) is 0.0602. The topological polar surface area (TPSA) is 147 Å². The molecule has 0 radical (unpaired) electrons. The van der Waals surface area contributed by atoms with E-state index in [0.717, 1.165) is 5.56 Å². The van der Waals surface area contributed by atoms with Crippen LogP contribution in [0.5, 0.6) is 17.2 Å². The van der Waals surface area contributed by atoms with Crippen LogP contribution in [0.3, 0.4) is 0 Å². The first-order chi connectivity index (χ1) is 17.7. The highest BCUT2D eigenvalue weighted by molar-refractivity contribution is 7.89. The molecule has 1 amide bonds. The lowest BCUT2D eigenvalue weighted by Crippen LogP contribution is -2.50. The number of furan rings is 1. The monoisotopic (exact) mass is 532 g/mol. The Hall–Kier alpha value is -3.54. The van der Waals surface area contributed by atoms with Crippen LogP contribution in [-0.2, 0) is 16.4 Å². The number of aromatic hydroxyl groups is 1. The van der Waals surface area contributed by atoms with Gasteiger partial charge in [0.2, 0.25) is 10.0 Å². The van der Waals surface area contributed by atoms with Crippen LogP contribution >= 0.6 is 0 Å². The van der Waals surface area contributed by atoms with Crippen LogP contribution in [-0.4, -0.2) is 49.5 Å². The number of benzene rings is 2. The summed E-state index contributed by atoms with van der Waals surface area (Å²) < 4.78 is 44.5. The SMILES string of the molecule is CCC(CC)Oc1cc(O)ccc1S(=O)(=O)NC[C@@H](O)[C@H](Cc1ccccc1)NC(=O)Oc1ccoc1. The Morgan fingerprint density at radius 1 is 1.08 bits per heavy atom. The Morgan fingerprint density at radius 2 is 1.81 bits per heavy atom. The van der Waals surface area contributed by atoms with Gasteiger partial charge in [-0.05, 0) is 37.0 Å². The zero-order chi connectivity index (χ0) is 26.8. The number of hydrogen-bond acceptors (Lipinski definition) is 8. The van der Waals surface area contributed by atoms with Crippen molar-refractivity contribution in [3.8, 4) is 17.2 Å². The Kier molecular flexibility index (Phi) is 9.95. The highest BCUT2D eigenvalue weighted by Crippen LogP contribution is 2.30. The first-order valence-electron chi connectivity index (χ1n) is 11.9. The maximum Gasteiger partial charge on any atom is 0.413 e. The highest BCUT2D eigenvalue weighted by Gasteiger charge is 2.27. The standard InChI is InChI=1S/C26H32N2O8S/c1-3-20(4-2)35-24-15-19(29)10-11-25(24)37(32,33)27-16-23(30)22(14-18-8-6-5-7-9-18)28-26(31)36-21-12-13-34-17-21/h5-13,15,17,20,22-23,27,29-30H,3-4,14,16H2,1-2H3,(H,28,31)/t22-,23+/m0/s1. The van der Waals surface area contributed by atoms with E-state index >= 15 is 0 Å². The quantitative estimate of drug-likeness (QED) is 0.261. The second-order valence-electron chi connectivity index (χ2n) is 8.40. The maximum atomic E-state index is 13.1. The predicted octanol–water partition coefficient (Wildman–Crippen LogP) is 3.59. The van der Waals surface area contributed by atoms with E-state index in [9.17, 15) is 23.4 Å². The van der Waals surface area contributed by atoms with Crippen molar-refractivity contribution in [3.05, 3.63) is 72.7 Å². The molecule has 0 aliphatic carbocycles. The number of aliphatic hydroxyl groups is 1. The van der Waals surface area contributed by atoms with Crippen LogP contribution in [0.2, 0.25) is 0 Å². The molecule has 10 nitrogen and oxygen atoms in total. The normalized spacial score (nSPS) is 13.2. The first-order valence-corrected chi connectivity index (χ1v) is 13.4. The Bertz CT molecular complexity index is 1230. The van der Waals surface area contributed by atoms with E-state index in [1.54, 1.807) is 0 Å². The molecule has 0 saturated heterocycles. The van der Waals surface area contributed by atoms with E-state index in [-0.39, 0.29) is 34.7 Å². The lowest BCUT2D eigenvalue weighted by atomic mass is 10.0. The Balaban J connectivity index is 1.74. The van der Waals surface area contributed by atoms with E-state index in [0.29, 0.717) is 12.8 Å². The minimum atomic E-state index is -4.14. The molecular formula is C26H32N2O8S. The zero-order valence-electron chi connectivity index (χ0n) is 20.7. The van der Waals surface area contributed by atoms with Gasteiger partial charge >= 0.3 is 6.09 Å². The fourth-order valence-electron chi connectivity index (χ4n) is 3.61. The number of sulfonamides is 1. The summed E-state index contributed by atoms with van der Waals surface area (Å²) in [6.45, 7) is 3.42. The molecule has 200 valence electrons. The van der Waals surface area contributed by atoms with E-state index in [4.69, 9.17) is 13.9 Å². The second kappa shape index (κ2) is 13.1. The van der Waals surface area contributed by atoms with Crippen molar-refractivity contribution < 1.29 is 37.3 Å². The predicted molar refractivity (Wildman–Crippen MR) is 136 cm³/mol. The summed E-state index contributed by atoms with van der Waals surface area (Å²) in [4.78, 5) is 12.2. The molecule has 0 aliphatic heterocycles. The van der Waals surface area contributed by atoms with Crippen molar-refractivity contribution in [2.75, 3.05) is 6.54 Å². The summed E-state index contributed by atoms with van der Waals surface area (Å²) in [6, 6.07) is 13.4. The number of phenolic OH excluding ortho intramolecular Hbond substituents is 1. The number of carbonyl (C=O) groups is 1. The van der Waals surface area contributed by atoms with Gasteiger partial charge in [0.05, 0.1) is 24.5 Å². The van der Waals surface area contributed by atoms with Crippen molar-refractivity contribution in [1.82, 2.24) is 10.0 Å². The van der Waals surface area contributed by atoms with Crippen LogP contribution in [0.1, 0.15) is 32.3 Å². The van der Waals surface area contributed by atoms with E-state index in [1.165, 1.54) is 36.8 Å². The van der Waals surface area contributed by atoms with Gasteiger partial charge in [-0.1, -0.05) is 44.2 Å². The highest BCUT2D eigenvalue weighted by atomic mass is 32.2. The third kappa shape index (κ3) is 8.24. The minimum absolute atomic E-state index is 0.0124. The van der Waals surface area contributed by atoms with Gasteiger partial charge in [0.15, 0.2) is 5.75 Å². The molecule has 3 rings (SSSR count). The fourth-order valence-corrected chi connectivity index (χ4v) is 4.77. The van der Waals surface area contributed by atoms with Gasteiger partial charge < -0.3 is 29.4 Å². The van der Waals surface area contributed by atoms with Crippen LogP contribution < -0.4 is 19.5 Å². The number of phenols is 1. The van der Waals surface area contributed by atoms with Gasteiger partial charge in [0, 0.05) is 18.7 Å². The number of amides is 1. The molecule has 2 atom stereocenters. The largest absolute Gasteiger partial charge is 0.508 e. The number of aliphatic hydroxyl groups excluding tert-OH is 1. The third-order valence-electron chi connectivity index (χ3n) is 5.68. The van der Waals surface area contributed by atoms with Crippen molar-refractivity contribution in [3.63, 3.8) is 0 Å². The lowest BCUT2D eigenvalue weighted by molar-refractivity contribution is 0.124. The van der Waals surface area contributed by atoms with Crippen molar-refractivity contribution >= 4 is 16.1 Å². The molecule has 0 unspecified atom stereocenters. The lowest BCUT2D eigenvalue weighted by Gasteiger charge is -2.24. The van der Waals surface area contributed by atoms with Gasteiger partial charge in [0.1, 0.15) is 22.7 Å². The summed E-state index contributed by atoms with van der Waals surface area (Å²) in [7, 11) is -4.14. The number of carbonyl (C=O) groups excluding carboxylic acids is 1. The molecule has 11 heteroatoms. The Morgan fingerprint density at radius 3 is 2.46 bits per heavy atom. The van der Waals surface area contributed by atoms with E-state index in [1.807, 2.05) is 44.2 Å². The van der Waals surface area contributed by atoms with Crippen molar-refractivity contribution in [2.45, 2.75) is 56.3 Å². The van der Waals surface area contributed by atoms with Crippen LogP contribution in [0, 0.1) is 0 Å². The van der Waals surface area contributed by atoms with Crippen LogP contribution in [0.15, 0.2) is 76.4 Å². The molecule has 0 fully saturated rings. The maximum absolute atomic E-state index is 13.1. The fraction of sp³-hybridized carbons (Fsp3) is 0.346. The van der Waals surface area contributed by atoms with E-state index < -0.39 is 34.8 Å². The summed E-state index contributed by atoms with van der Waals surface area (Å²) in [6.07, 6.45) is 1.73. The Labute approximate surface area is 216 Å². The van der Waals surface area contributed by atoms with E-state index in [2.05, 4.69) is 10.0 Å². The molecule has 4 N–H and O–H groups in total. The van der Waals surface area contributed by atoms with Gasteiger partial charge in [-0.2, -0.15) is 0 Å². The molecular weight excluding hydrogens is 500 g/mol. The van der Waals surface area contributed by atoms with Crippen molar-refractivity contribution in [1.29, 1.82) is 0 Å². The van der Waals surface area contributed by atoms with Crippen LogP contribution in [0.4, 0.5) is 4.79 Å². The summed E-state index contributed by atoms with van der Waals surface area (Å²) in [5.41, 5.74) is 0.817. The molecule has 2 aromatic carbocycles. The molecule has 1 aromatic heterocycles. The van der Waals surface area contributed by atoms with Gasteiger partial charge in [-0.3, -0.25) is 0 Å². The zero-order valence-corrected chi connectivity index (χ0v) is 21.5. The minimum Gasteiger partial charge on any atom is -0.508 e. The second-order valence-corrected chi connectivity index (χ2v) is 10.1. The van der Waals surface area contributed by atoms with Crippen LogP contribution in [0.25, 0.3) is 0 Å². The molecule has 0 spiro atoms. The van der Waals surface area contributed by atoms with Gasteiger partial charge in [-0.25, -0.2) is 17.9 Å². The molecule has 37 heavy (non-hydrogen) atoms. The molecule has 0 aliphatic rings. The first kappa shape index (κ1) is 28.0. The summed E-state index contributed by atoms with van der Waals surface area (Å²) >= 11 is 0.